The quantitative estimate of drug-likeness (QED) is 0.720. The summed E-state index contributed by atoms with van der Waals surface area (Å²) in [5.74, 6) is -0.533. The van der Waals surface area contributed by atoms with E-state index in [1.807, 2.05) is 0 Å². The molecule has 0 bridgehead atoms. The maximum atomic E-state index is 12.0. The molecule has 2 saturated carbocycles. The second-order valence-corrected chi connectivity index (χ2v) is 6.06. The molecule has 2 aliphatic rings. The number of amides is 1. The number of carbonyl (C=O) groups excluding carboxylic acids is 3. The largest absolute Gasteiger partial charge is 0.463 e. The molecule has 1 aromatic rings. The van der Waals surface area contributed by atoms with Gasteiger partial charge in [0, 0.05) is 5.92 Å². The summed E-state index contributed by atoms with van der Waals surface area (Å²) in [5.41, 5.74) is 0.208. The van der Waals surface area contributed by atoms with Crippen LogP contribution in [0.1, 0.15) is 43.0 Å². The van der Waals surface area contributed by atoms with Crippen molar-refractivity contribution in [2.24, 2.45) is 11.8 Å². The Morgan fingerprint density at radius 1 is 1.21 bits per heavy atom. The second kappa shape index (κ2) is 7.02. The van der Waals surface area contributed by atoms with E-state index in [9.17, 15) is 14.4 Å². The lowest BCUT2D eigenvalue weighted by Crippen LogP contribution is -2.21. The highest BCUT2D eigenvalue weighted by atomic mass is 16.5. The summed E-state index contributed by atoms with van der Waals surface area (Å²) >= 11 is 0. The van der Waals surface area contributed by atoms with Gasteiger partial charge in [0.25, 0.3) is 0 Å². The van der Waals surface area contributed by atoms with E-state index in [0.29, 0.717) is 5.82 Å². The van der Waals surface area contributed by atoms with Crippen molar-refractivity contribution in [2.75, 3.05) is 18.5 Å². The van der Waals surface area contributed by atoms with Crippen molar-refractivity contribution in [1.29, 1.82) is 0 Å². The van der Waals surface area contributed by atoms with Crippen LogP contribution >= 0.6 is 0 Å². The van der Waals surface area contributed by atoms with Gasteiger partial charge in [0.2, 0.25) is 5.91 Å². The van der Waals surface area contributed by atoms with Crippen LogP contribution in [-0.4, -0.2) is 40.8 Å². The van der Waals surface area contributed by atoms with Gasteiger partial charge in [0.15, 0.2) is 0 Å². The molecule has 0 aliphatic heterocycles. The van der Waals surface area contributed by atoms with E-state index in [4.69, 9.17) is 9.47 Å². The number of nitrogens with zero attached hydrogens (tertiary/aromatic N) is 2. The van der Waals surface area contributed by atoms with Crippen molar-refractivity contribution in [2.45, 2.75) is 39.2 Å². The van der Waals surface area contributed by atoms with Crippen LogP contribution in [0.15, 0.2) is 6.20 Å². The average molecular weight is 335 g/mol. The summed E-state index contributed by atoms with van der Waals surface area (Å²) in [5, 5.41) is 6.87. The third kappa shape index (κ3) is 3.93. The zero-order chi connectivity index (χ0) is 17.1. The molecule has 8 heteroatoms. The minimum Gasteiger partial charge on any atom is -0.463 e. The van der Waals surface area contributed by atoms with Crippen LogP contribution in [0, 0.1) is 11.8 Å². The zero-order valence-corrected chi connectivity index (χ0v) is 13.6. The van der Waals surface area contributed by atoms with Gasteiger partial charge in [-0.2, -0.15) is 5.10 Å². The maximum Gasteiger partial charge on any atom is 0.343 e. The van der Waals surface area contributed by atoms with Crippen LogP contribution < -0.4 is 5.32 Å². The van der Waals surface area contributed by atoms with E-state index in [0.717, 1.165) is 25.7 Å². The van der Waals surface area contributed by atoms with Gasteiger partial charge in [-0.1, -0.05) is 0 Å². The lowest BCUT2D eigenvalue weighted by Gasteiger charge is -2.11. The summed E-state index contributed by atoms with van der Waals surface area (Å²) in [6, 6.07) is 0. The number of aromatic nitrogens is 2. The van der Waals surface area contributed by atoms with Crippen molar-refractivity contribution in [1.82, 2.24) is 9.78 Å². The van der Waals surface area contributed by atoms with E-state index in [1.54, 1.807) is 6.92 Å². The van der Waals surface area contributed by atoms with Crippen LogP contribution in [0.3, 0.4) is 0 Å². The monoisotopic (exact) mass is 335 g/mol. The maximum absolute atomic E-state index is 12.0. The fourth-order valence-corrected chi connectivity index (χ4v) is 2.28. The lowest BCUT2D eigenvalue weighted by molar-refractivity contribution is -0.145. The van der Waals surface area contributed by atoms with E-state index in [1.165, 1.54) is 10.9 Å². The van der Waals surface area contributed by atoms with Gasteiger partial charge >= 0.3 is 11.9 Å². The highest BCUT2D eigenvalue weighted by Gasteiger charge is 2.32. The van der Waals surface area contributed by atoms with E-state index in [-0.39, 0.29) is 49.0 Å². The summed E-state index contributed by atoms with van der Waals surface area (Å²) < 4.78 is 11.6. The highest BCUT2D eigenvalue weighted by Crippen LogP contribution is 2.31. The molecule has 0 radical (unpaired) electrons. The first-order valence-corrected chi connectivity index (χ1v) is 8.30. The molecule has 8 nitrogen and oxygen atoms in total. The molecule has 0 aromatic carbocycles. The molecule has 2 aliphatic carbocycles. The molecule has 130 valence electrons. The summed E-state index contributed by atoms with van der Waals surface area (Å²) in [6.45, 7) is 2.35. The third-order valence-corrected chi connectivity index (χ3v) is 3.98. The van der Waals surface area contributed by atoms with Crippen LogP contribution in [0.4, 0.5) is 5.82 Å². The number of carbonyl (C=O) groups is 3. The Balaban J connectivity index is 1.67. The number of rotatable bonds is 8. The first-order chi connectivity index (χ1) is 11.6. The molecule has 1 heterocycles. The van der Waals surface area contributed by atoms with Crippen LogP contribution in [-0.2, 0) is 25.6 Å². The molecule has 1 amide bonds. The Bertz CT molecular complexity index is 646. The van der Waals surface area contributed by atoms with Crippen molar-refractivity contribution >= 4 is 23.7 Å². The Kier molecular flexibility index (Phi) is 4.82. The number of hydrogen-bond donors (Lipinski definition) is 1. The third-order valence-electron chi connectivity index (χ3n) is 3.98. The normalized spacial score (nSPS) is 16.5. The van der Waals surface area contributed by atoms with Gasteiger partial charge in [-0.15, -0.1) is 0 Å². The molecule has 0 atom stereocenters. The standard InChI is InChI=1S/C16H21N3O5/c1-2-23-16(22)12-9-17-19(7-8-24-15(21)11-5-6-11)13(12)18-14(20)10-3-4-10/h9-11H,2-8H2,1H3,(H,18,20). The highest BCUT2D eigenvalue weighted by molar-refractivity contribution is 6.01. The molecule has 2 fully saturated rings. The molecular formula is C16H21N3O5. The van der Waals surface area contributed by atoms with E-state index >= 15 is 0 Å². The van der Waals surface area contributed by atoms with E-state index in [2.05, 4.69) is 10.4 Å². The molecule has 0 unspecified atom stereocenters. The Hall–Kier alpha value is -2.38. The lowest BCUT2D eigenvalue weighted by atomic mass is 10.3. The minimum atomic E-state index is -0.537. The fraction of sp³-hybridized carbons (Fsp3) is 0.625. The SMILES string of the molecule is CCOC(=O)c1cnn(CCOC(=O)C2CC2)c1NC(=O)C1CC1. The smallest absolute Gasteiger partial charge is 0.343 e. The number of nitrogens with one attached hydrogen (secondary N) is 1. The zero-order valence-electron chi connectivity index (χ0n) is 13.6. The first kappa shape index (κ1) is 16.5. The molecule has 0 saturated heterocycles. The fourth-order valence-electron chi connectivity index (χ4n) is 2.28. The number of hydrogen-bond acceptors (Lipinski definition) is 6. The van der Waals surface area contributed by atoms with Gasteiger partial charge < -0.3 is 14.8 Å². The summed E-state index contributed by atoms with van der Waals surface area (Å²) in [7, 11) is 0. The summed E-state index contributed by atoms with van der Waals surface area (Å²) in [6.07, 6.45) is 4.84. The van der Waals surface area contributed by atoms with Crippen LogP contribution in [0.2, 0.25) is 0 Å². The Morgan fingerprint density at radius 3 is 2.54 bits per heavy atom. The second-order valence-electron chi connectivity index (χ2n) is 6.06. The molecular weight excluding hydrogens is 314 g/mol. The number of esters is 2. The summed E-state index contributed by atoms with van der Waals surface area (Å²) in [4.78, 5) is 35.6. The molecule has 3 rings (SSSR count). The van der Waals surface area contributed by atoms with Crippen LogP contribution in [0.25, 0.3) is 0 Å². The molecule has 0 spiro atoms. The molecule has 1 aromatic heterocycles. The Morgan fingerprint density at radius 2 is 1.92 bits per heavy atom. The number of anilines is 1. The first-order valence-electron chi connectivity index (χ1n) is 8.30. The number of ether oxygens (including phenoxy) is 2. The van der Waals surface area contributed by atoms with Gasteiger partial charge in [-0.05, 0) is 32.6 Å². The van der Waals surface area contributed by atoms with Crippen molar-refractivity contribution in [3.05, 3.63) is 11.8 Å². The Labute approximate surface area is 139 Å². The predicted octanol–water partition coefficient (Wildman–Crippen LogP) is 1.36. The minimum absolute atomic E-state index is 0.00362. The van der Waals surface area contributed by atoms with Gasteiger partial charge in [-0.25, -0.2) is 9.48 Å². The average Bonchev–Trinajstić information content (AvgIpc) is 3.45. The van der Waals surface area contributed by atoms with E-state index < -0.39 is 5.97 Å². The topological polar surface area (TPSA) is 99.5 Å². The van der Waals surface area contributed by atoms with Crippen molar-refractivity contribution in [3.63, 3.8) is 0 Å². The molecule has 1 N–H and O–H groups in total. The van der Waals surface area contributed by atoms with Gasteiger partial charge in [0.05, 0.1) is 25.3 Å². The van der Waals surface area contributed by atoms with Crippen LogP contribution in [0.5, 0.6) is 0 Å². The van der Waals surface area contributed by atoms with Crippen molar-refractivity contribution < 1.29 is 23.9 Å². The van der Waals surface area contributed by atoms with Gasteiger partial charge in [0.1, 0.15) is 18.0 Å². The van der Waals surface area contributed by atoms with Gasteiger partial charge in [-0.3, -0.25) is 9.59 Å². The molecule has 24 heavy (non-hydrogen) atoms. The predicted molar refractivity (Wildman–Crippen MR) is 83.2 cm³/mol. The van der Waals surface area contributed by atoms with Crippen molar-refractivity contribution in [3.8, 4) is 0 Å².